The van der Waals surface area contributed by atoms with Crippen molar-refractivity contribution < 1.29 is 19.1 Å². The molecule has 3 rings (SSSR count). The molecule has 164 valence electrons. The molecule has 0 spiro atoms. The van der Waals surface area contributed by atoms with Crippen LogP contribution in [0.5, 0.6) is 11.5 Å². The normalized spacial score (nSPS) is 10.0. The summed E-state index contributed by atoms with van der Waals surface area (Å²) in [4.78, 5) is 24.7. The van der Waals surface area contributed by atoms with Crippen LogP contribution in [0.1, 0.15) is 20.7 Å². The second-order valence-electron chi connectivity index (χ2n) is 6.38. The smallest absolute Gasteiger partial charge is 0.269 e. The number of hydrazine groups is 1. The molecule has 7 nitrogen and oxygen atoms in total. The molecule has 3 aromatic carbocycles. The zero-order chi connectivity index (χ0) is 22.8. The van der Waals surface area contributed by atoms with Crippen molar-refractivity contribution in [2.24, 2.45) is 0 Å². The topological polar surface area (TPSA) is 88.7 Å². The summed E-state index contributed by atoms with van der Waals surface area (Å²) in [6.45, 7) is 0.565. The number of hydrogen-bond acceptors (Lipinski definition) is 5. The molecule has 0 fully saturated rings. The van der Waals surface area contributed by atoms with E-state index in [4.69, 9.17) is 33.3 Å². The van der Waals surface area contributed by atoms with Crippen LogP contribution in [0, 0.1) is 0 Å². The van der Waals surface area contributed by atoms with E-state index in [1.807, 2.05) is 30.3 Å². The fraction of sp³-hybridized carbons (Fsp3) is 0.0870. The number of halogens is 1. The predicted octanol–water partition coefficient (Wildman–Crippen LogP) is 3.75. The lowest BCUT2D eigenvalue weighted by Crippen LogP contribution is -2.48. The Balaban J connectivity index is 1.48. The summed E-state index contributed by atoms with van der Waals surface area (Å²) in [6, 6.07) is 22.4. The molecule has 0 atom stereocenters. The first kappa shape index (κ1) is 23.1. The molecule has 0 aliphatic carbocycles. The Bertz CT molecular complexity index is 1080. The molecule has 9 heteroatoms. The van der Waals surface area contributed by atoms with E-state index in [1.165, 1.54) is 0 Å². The van der Waals surface area contributed by atoms with Gasteiger partial charge in [-0.15, -0.1) is 0 Å². The van der Waals surface area contributed by atoms with E-state index in [0.29, 0.717) is 28.5 Å². The molecular formula is C23H20ClN3O4S. The summed E-state index contributed by atoms with van der Waals surface area (Å²) in [5.41, 5.74) is 5.58. The monoisotopic (exact) mass is 469 g/mol. The third-order valence-corrected chi connectivity index (χ3v) is 4.56. The molecule has 0 bridgehead atoms. The SMILES string of the molecule is O=C(NNC(=S)NC(=O)c1ccccc1OCCOc1ccccc1)c1ccc(Cl)cc1. The largest absolute Gasteiger partial charge is 0.490 e. The number of hydrogen-bond donors (Lipinski definition) is 3. The Labute approximate surface area is 195 Å². The lowest BCUT2D eigenvalue weighted by atomic mass is 10.2. The number of rotatable bonds is 7. The zero-order valence-corrected chi connectivity index (χ0v) is 18.4. The highest BCUT2D eigenvalue weighted by atomic mass is 35.5. The van der Waals surface area contributed by atoms with Crippen LogP contribution in [0.25, 0.3) is 0 Å². The highest BCUT2D eigenvalue weighted by Crippen LogP contribution is 2.18. The van der Waals surface area contributed by atoms with Gasteiger partial charge in [-0.1, -0.05) is 41.9 Å². The number of para-hydroxylation sites is 2. The van der Waals surface area contributed by atoms with Gasteiger partial charge in [0, 0.05) is 10.6 Å². The Kier molecular flexibility index (Phi) is 8.42. The summed E-state index contributed by atoms with van der Waals surface area (Å²) in [7, 11) is 0. The van der Waals surface area contributed by atoms with Crippen molar-refractivity contribution in [1.82, 2.24) is 16.2 Å². The third-order valence-electron chi connectivity index (χ3n) is 4.11. The summed E-state index contributed by atoms with van der Waals surface area (Å²) < 4.78 is 11.3. The standard InChI is InChI=1S/C23H20ClN3O4S/c24-17-12-10-16(11-13-17)21(28)26-27-23(32)25-22(29)19-8-4-5-9-20(19)31-15-14-30-18-6-2-1-3-7-18/h1-13H,14-15H2,(H,26,28)(H2,25,27,29,32). The van der Waals surface area contributed by atoms with Crippen LogP contribution in [0.3, 0.4) is 0 Å². The molecule has 2 amide bonds. The molecule has 3 N–H and O–H groups in total. The fourth-order valence-electron chi connectivity index (χ4n) is 2.60. The van der Waals surface area contributed by atoms with Crippen LogP contribution in [0.4, 0.5) is 0 Å². The number of amides is 2. The molecule has 0 radical (unpaired) electrons. The number of thiocarbonyl (C=S) groups is 1. The Hall–Kier alpha value is -3.62. The van der Waals surface area contributed by atoms with Crippen molar-refractivity contribution in [2.45, 2.75) is 0 Å². The van der Waals surface area contributed by atoms with Gasteiger partial charge in [-0.05, 0) is 60.7 Å². The summed E-state index contributed by atoms with van der Waals surface area (Å²) in [6.07, 6.45) is 0. The van der Waals surface area contributed by atoms with Crippen molar-refractivity contribution >= 4 is 40.7 Å². The molecule has 0 aromatic heterocycles. The first-order valence-electron chi connectivity index (χ1n) is 9.60. The molecular weight excluding hydrogens is 450 g/mol. The molecule has 0 saturated carbocycles. The number of nitrogens with one attached hydrogen (secondary N) is 3. The van der Waals surface area contributed by atoms with Gasteiger partial charge < -0.3 is 9.47 Å². The maximum atomic E-state index is 12.6. The van der Waals surface area contributed by atoms with Crippen LogP contribution in [0.2, 0.25) is 5.02 Å². The second kappa shape index (κ2) is 11.7. The molecule has 0 aliphatic heterocycles. The summed E-state index contributed by atoms with van der Waals surface area (Å²) in [5, 5.41) is 2.95. The van der Waals surface area contributed by atoms with E-state index in [0.717, 1.165) is 5.75 Å². The minimum Gasteiger partial charge on any atom is -0.490 e. The van der Waals surface area contributed by atoms with Gasteiger partial charge in [0.15, 0.2) is 5.11 Å². The van der Waals surface area contributed by atoms with Gasteiger partial charge in [-0.25, -0.2) is 0 Å². The van der Waals surface area contributed by atoms with E-state index in [2.05, 4.69) is 16.2 Å². The minimum atomic E-state index is -0.484. The quantitative estimate of drug-likeness (QED) is 0.277. The number of carbonyl (C=O) groups excluding carboxylic acids is 2. The van der Waals surface area contributed by atoms with Crippen molar-refractivity contribution in [3.8, 4) is 11.5 Å². The van der Waals surface area contributed by atoms with Crippen LogP contribution in [-0.4, -0.2) is 30.1 Å². The maximum absolute atomic E-state index is 12.6. The van der Waals surface area contributed by atoms with Crippen LogP contribution in [0.15, 0.2) is 78.9 Å². The second-order valence-corrected chi connectivity index (χ2v) is 7.22. The van der Waals surface area contributed by atoms with Gasteiger partial charge in [0.1, 0.15) is 24.7 Å². The van der Waals surface area contributed by atoms with E-state index < -0.39 is 11.8 Å². The highest BCUT2D eigenvalue weighted by Gasteiger charge is 2.14. The van der Waals surface area contributed by atoms with Gasteiger partial charge in [-0.3, -0.25) is 25.8 Å². The van der Waals surface area contributed by atoms with Gasteiger partial charge in [0.05, 0.1) is 5.56 Å². The van der Waals surface area contributed by atoms with Crippen molar-refractivity contribution in [2.75, 3.05) is 13.2 Å². The lowest BCUT2D eigenvalue weighted by Gasteiger charge is -2.14. The average molecular weight is 470 g/mol. The van der Waals surface area contributed by atoms with Gasteiger partial charge in [-0.2, -0.15) is 0 Å². The van der Waals surface area contributed by atoms with Crippen LogP contribution in [-0.2, 0) is 0 Å². The fourth-order valence-corrected chi connectivity index (χ4v) is 2.87. The summed E-state index contributed by atoms with van der Waals surface area (Å²) in [5.74, 6) is 0.206. The molecule has 0 saturated heterocycles. The Morgan fingerprint density at radius 3 is 2.19 bits per heavy atom. The molecule has 3 aromatic rings. The van der Waals surface area contributed by atoms with Gasteiger partial charge in [0.25, 0.3) is 11.8 Å². The van der Waals surface area contributed by atoms with Gasteiger partial charge in [0.2, 0.25) is 0 Å². The number of ether oxygens (including phenoxy) is 2. The number of carbonyl (C=O) groups is 2. The third kappa shape index (κ3) is 6.97. The predicted molar refractivity (Wildman–Crippen MR) is 126 cm³/mol. The van der Waals surface area contributed by atoms with Crippen molar-refractivity contribution in [1.29, 1.82) is 0 Å². The molecule has 0 unspecified atom stereocenters. The zero-order valence-electron chi connectivity index (χ0n) is 16.8. The van der Waals surface area contributed by atoms with Crippen molar-refractivity contribution in [3.05, 3.63) is 95.0 Å². The average Bonchev–Trinajstić information content (AvgIpc) is 2.81. The van der Waals surface area contributed by atoms with Crippen LogP contribution >= 0.6 is 23.8 Å². The molecule has 32 heavy (non-hydrogen) atoms. The van der Waals surface area contributed by atoms with E-state index in [-0.39, 0.29) is 11.7 Å². The van der Waals surface area contributed by atoms with E-state index in [1.54, 1.807) is 48.5 Å². The van der Waals surface area contributed by atoms with Crippen LogP contribution < -0.4 is 25.6 Å². The summed E-state index contributed by atoms with van der Waals surface area (Å²) >= 11 is 10.9. The Morgan fingerprint density at radius 2 is 1.44 bits per heavy atom. The maximum Gasteiger partial charge on any atom is 0.269 e. The lowest BCUT2D eigenvalue weighted by molar-refractivity contribution is 0.0933. The highest BCUT2D eigenvalue weighted by molar-refractivity contribution is 7.80. The van der Waals surface area contributed by atoms with E-state index >= 15 is 0 Å². The molecule has 0 heterocycles. The minimum absolute atomic E-state index is 0.0699. The van der Waals surface area contributed by atoms with E-state index in [9.17, 15) is 9.59 Å². The Morgan fingerprint density at radius 1 is 0.781 bits per heavy atom. The van der Waals surface area contributed by atoms with Crippen molar-refractivity contribution in [3.63, 3.8) is 0 Å². The first-order valence-corrected chi connectivity index (χ1v) is 10.4. The first-order chi connectivity index (χ1) is 15.5. The van der Waals surface area contributed by atoms with Gasteiger partial charge >= 0.3 is 0 Å². The molecule has 0 aliphatic rings. The number of benzene rings is 3.